The van der Waals surface area contributed by atoms with Gasteiger partial charge in [-0.05, 0) is 49.3 Å². The molecule has 2 saturated heterocycles. The van der Waals surface area contributed by atoms with Crippen molar-refractivity contribution in [3.05, 3.63) is 29.8 Å². The second-order valence-electron chi connectivity index (χ2n) is 8.45. The highest BCUT2D eigenvalue weighted by molar-refractivity contribution is 5.89. The van der Waals surface area contributed by atoms with Gasteiger partial charge in [0, 0.05) is 26.1 Å². The van der Waals surface area contributed by atoms with Gasteiger partial charge in [0.25, 0.3) is 0 Å². The van der Waals surface area contributed by atoms with Crippen molar-refractivity contribution >= 4 is 17.8 Å². The molecule has 2 heterocycles. The third-order valence-corrected chi connectivity index (χ3v) is 6.48. The van der Waals surface area contributed by atoms with Gasteiger partial charge in [-0.1, -0.05) is 6.07 Å². The van der Waals surface area contributed by atoms with Crippen LogP contribution in [0.5, 0.6) is 5.75 Å². The van der Waals surface area contributed by atoms with E-state index in [-0.39, 0.29) is 30.2 Å². The standard InChI is InChI=1S/C22H28N2O6/c1-29-22(28)14-4-2-5-17(8-14)30-19-10-16-12-24(11-15(16)9-18(19)25)21(27)13-23-7-3-6-20(23)26/h2,4-5,8,15-16,18-19,25H,3,6-7,9-13H2,1H3/t15-,16+,18+,19+/m0/s1. The first kappa shape index (κ1) is 20.7. The van der Waals surface area contributed by atoms with Crippen LogP contribution >= 0.6 is 0 Å². The van der Waals surface area contributed by atoms with Crippen LogP contribution in [0.25, 0.3) is 0 Å². The summed E-state index contributed by atoms with van der Waals surface area (Å²) in [6, 6.07) is 6.73. The fourth-order valence-corrected chi connectivity index (χ4v) is 4.84. The van der Waals surface area contributed by atoms with Crippen LogP contribution in [-0.2, 0) is 14.3 Å². The largest absolute Gasteiger partial charge is 0.488 e. The molecular formula is C22H28N2O6. The van der Waals surface area contributed by atoms with E-state index in [4.69, 9.17) is 9.47 Å². The molecule has 3 fully saturated rings. The Balaban J connectivity index is 1.36. The lowest BCUT2D eigenvalue weighted by Crippen LogP contribution is -2.42. The maximum Gasteiger partial charge on any atom is 0.337 e. The summed E-state index contributed by atoms with van der Waals surface area (Å²) in [5, 5.41) is 10.6. The lowest BCUT2D eigenvalue weighted by Gasteiger charge is -2.35. The van der Waals surface area contributed by atoms with Gasteiger partial charge in [-0.3, -0.25) is 9.59 Å². The van der Waals surface area contributed by atoms with Gasteiger partial charge in [0.2, 0.25) is 11.8 Å². The van der Waals surface area contributed by atoms with Gasteiger partial charge in [-0.15, -0.1) is 0 Å². The van der Waals surface area contributed by atoms with E-state index in [1.165, 1.54) is 7.11 Å². The number of aliphatic hydroxyl groups excluding tert-OH is 1. The van der Waals surface area contributed by atoms with Crippen LogP contribution in [0.15, 0.2) is 24.3 Å². The third kappa shape index (κ3) is 4.28. The smallest absolute Gasteiger partial charge is 0.337 e. The van der Waals surface area contributed by atoms with Crippen LogP contribution in [0.1, 0.15) is 36.0 Å². The van der Waals surface area contributed by atoms with E-state index in [9.17, 15) is 19.5 Å². The molecule has 0 unspecified atom stereocenters. The summed E-state index contributed by atoms with van der Waals surface area (Å²) in [5.41, 5.74) is 0.396. The molecule has 1 aliphatic carbocycles. The quantitative estimate of drug-likeness (QED) is 0.722. The van der Waals surface area contributed by atoms with E-state index in [0.717, 1.165) is 6.42 Å². The number of benzene rings is 1. The summed E-state index contributed by atoms with van der Waals surface area (Å²) in [4.78, 5) is 39.7. The molecule has 1 aromatic carbocycles. The summed E-state index contributed by atoms with van der Waals surface area (Å²) < 4.78 is 10.8. The number of amides is 2. The van der Waals surface area contributed by atoms with Crippen molar-refractivity contribution in [2.75, 3.05) is 33.3 Å². The van der Waals surface area contributed by atoms with Crippen LogP contribution in [0.4, 0.5) is 0 Å². The highest BCUT2D eigenvalue weighted by atomic mass is 16.5. The van der Waals surface area contributed by atoms with Crippen molar-refractivity contribution in [3.8, 4) is 5.75 Å². The molecule has 0 bridgehead atoms. The first-order chi connectivity index (χ1) is 14.4. The van der Waals surface area contributed by atoms with E-state index in [2.05, 4.69) is 0 Å². The molecule has 1 saturated carbocycles. The second-order valence-corrected chi connectivity index (χ2v) is 8.45. The highest BCUT2D eigenvalue weighted by Gasteiger charge is 2.44. The van der Waals surface area contributed by atoms with Crippen LogP contribution in [-0.4, -0.2) is 78.2 Å². The van der Waals surface area contributed by atoms with Gasteiger partial charge in [0.1, 0.15) is 11.9 Å². The van der Waals surface area contributed by atoms with Crippen molar-refractivity contribution in [1.29, 1.82) is 0 Å². The van der Waals surface area contributed by atoms with Crippen molar-refractivity contribution in [2.24, 2.45) is 11.8 Å². The van der Waals surface area contributed by atoms with E-state index < -0.39 is 18.2 Å². The highest BCUT2D eigenvalue weighted by Crippen LogP contribution is 2.38. The van der Waals surface area contributed by atoms with Crippen LogP contribution < -0.4 is 4.74 Å². The van der Waals surface area contributed by atoms with Crippen LogP contribution in [0.3, 0.4) is 0 Å². The van der Waals surface area contributed by atoms with Gasteiger partial charge in [-0.2, -0.15) is 0 Å². The topological polar surface area (TPSA) is 96.4 Å². The molecule has 4 atom stereocenters. The molecule has 1 N–H and O–H groups in total. The Morgan fingerprint density at radius 1 is 1.20 bits per heavy atom. The zero-order chi connectivity index (χ0) is 21.3. The summed E-state index contributed by atoms with van der Waals surface area (Å²) in [6.45, 7) is 2.05. The van der Waals surface area contributed by atoms with Gasteiger partial charge in [-0.25, -0.2) is 4.79 Å². The van der Waals surface area contributed by atoms with E-state index >= 15 is 0 Å². The number of fused-ring (bicyclic) bond motifs is 1. The number of aliphatic hydroxyl groups is 1. The number of carbonyl (C=O) groups excluding carboxylic acids is 3. The predicted octanol–water partition coefficient (Wildman–Crippen LogP) is 1.07. The summed E-state index contributed by atoms with van der Waals surface area (Å²) in [6.07, 6.45) is 1.53. The number of methoxy groups -OCH3 is 1. The zero-order valence-electron chi connectivity index (χ0n) is 17.2. The predicted molar refractivity (Wildman–Crippen MR) is 107 cm³/mol. The fraction of sp³-hybridized carbons (Fsp3) is 0.591. The third-order valence-electron chi connectivity index (χ3n) is 6.48. The zero-order valence-corrected chi connectivity index (χ0v) is 17.2. The molecule has 0 aromatic heterocycles. The minimum absolute atomic E-state index is 0.0163. The fourth-order valence-electron chi connectivity index (χ4n) is 4.84. The van der Waals surface area contributed by atoms with Gasteiger partial charge in [0.15, 0.2) is 0 Å². The van der Waals surface area contributed by atoms with Crippen LogP contribution in [0.2, 0.25) is 0 Å². The van der Waals surface area contributed by atoms with Gasteiger partial charge in [0.05, 0.1) is 25.3 Å². The summed E-state index contributed by atoms with van der Waals surface area (Å²) in [5.74, 6) is 0.598. The molecule has 2 amide bonds. The molecule has 2 aliphatic heterocycles. The molecule has 8 nitrogen and oxygen atoms in total. The maximum absolute atomic E-state index is 12.7. The molecule has 8 heteroatoms. The Bertz CT molecular complexity index is 828. The molecule has 4 rings (SSSR count). The number of likely N-dealkylation sites (tertiary alicyclic amines) is 2. The number of hydrogen-bond acceptors (Lipinski definition) is 6. The number of nitrogens with zero attached hydrogens (tertiary/aromatic N) is 2. The first-order valence-corrected chi connectivity index (χ1v) is 10.5. The Labute approximate surface area is 175 Å². The van der Waals surface area contributed by atoms with E-state index in [0.29, 0.717) is 50.2 Å². The average molecular weight is 416 g/mol. The molecule has 30 heavy (non-hydrogen) atoms. The Morgan fingerprint density at radius 2 is 1.97 bits per heavy atom. The first-order valence-electron chi connectivity index (χ1n) is 10.5. The van der Waals surface area contributed by atoms with Gasteiger partial charge < -0.3 is 24.4 Å². The Morgan fingerprint density at radius 3 is 2.67 bits per heavy atom. The van der Waals surface area contributed by atoms with Crippen molar-refractivity contribution in [2.45, 2.75) is 37.9 Å². The summed E-state index contributed by atoms with van der Waals surface area (Å²) in [7, 11) is 1.33. The minimum Gasteiger partial charge on any atom is -0.488 e. The maximum atomic E-state index is 12.7. The lowest BCUT2D eigenvalue weighted by molar-refractivity contribution is -0.137. The molecule has 1 aromatic rings. The number of hydrogen-bond donors (Lipinski definition) is 1. The lowest BCUT2D eigenvalue weighted by atomic mass is 9.78. The van der Waals surface area contributed by atoms with Crippen molar-refractivity contribution in [1.82, 2.24) is 9.80 Å². The second kappa shape index (κ2) is 8.63. The van der Waals surface area contributed by atoms with Gasteiger partial charge >= 0.3 is 5.97 Å². The number of esters is 1. The molecular weight excluding hydrogens is 388 g/mol. The molecule has 0 radical (unpaired) electrons. The van der Waals surface area contributed by atoms with Crippen molar-refractivity contribution < 1.29 is 29.0 Å². The monoisotopic (exact) mass is 416 g/mol. The molecule has 0 spiro atoms. The van der Waals surface area contributed by atoms with E-state index in [1.807, 2.05) is 4.90 Å². The van der Waals surface area contributed by atoms with Crippen molar-refractivity contribution in [3.63, 3.8) is 0 Å². The molecule has 162 valence electrons. The SMILES string of the molecule is COC(=O)c1cccc(O[C@@H]2C[C@@H]3CN(C(=O)CN4CCCC4=O)C[C@@H]3C[C@H]2O)c1. The number of carbonyl (C=O) groups is 3. The number of rotatable bonds is 5. The molecule has 3 aliphatic rings. The average Bonchev–Trinajstić information content (AvgIpc) is 3.33. The summed E-state index contributed by atoms with van der Waals surface area (Å²) >= 11 is 0. The normalized spacial score (nSPS) is 28.4. The Hall–Kier alpha value is -2.61. The van der Waals surface area contributed by atoms with E-state index in [1.54, 1.807) is 29.2 Å². The Kier molecular flexibility index (Phi) is 5.94. The minimum atomic E-state index is -0.636. The van der Waals surface area contributed by atoms with Crippen LogP contribution in [0, 0.1) is 11.8 Å². The number of ether oxygens (including phenoxy) is 2.